The average molecular weight is 146 g/mol. The van der Waals surface area contributed by atoms with Gasteiger partial charge in [0.1, 0.15) is 0 Å². The zero-order chi connectivity index (χ0) is 6.69. The van der Waals surface area contributed by atoms with Crippen LogP contribution in [0.4, 0.5) is 0 Å². The molecule has 3 heteroatoms. The SMILES string of the molecule is CNC[C@@H]1C[C@H](S)CN1. The zero-order valence-corrected chi connectivity index (χ0v) is 6.62. The summed E-state index contributed by atoms with van der Waals surface area (Å²) in [5.41, 5.74) is 0. The van der Waals surface area contributed by atoms with E-state index in [1.807, 2.05) is 7.05 Å². The van der Waals surface area contributed by atoms with Crippen molar-refractivity contribution >= 4 is 12.6 Å². The van der Waals surface area contributed by atoms with Crippen molar-refractivity contribution in [1.29, 1.82) is 0 Å². The third kappa shape index (κ3) is 2.16. The van der Waals surface area contributed by atoms with Gasteiger partial charge in [0.05, 0.1) is 0 Å². The fraction of sp³-hybridized carbons (Fsp3) is 1.00. The summed E-state index contributed by atoms with van der Waals surface area (Å²) in [5, 5.41) is 7.07. The van der Waals surface area contributed by atoms with Crippen molar-refractivity contribution < 1.29 is 0 Å². The summed E-state index contributed by atoms with van der Waals surface area (Å²) in [4.78, 5) is 0. The first-order chi connectivity index (χ1) is 4.33. The second-order valence-electron chi connectivity index (χ2n) is 2.55. The standard InChI is InChI=1S/C6H14N2S/c1-7-3-5-2-6(9)4-8-5/h5-9H,2-4H2,1H3/t5-,6-/m0/s1. The Balaban J connectivity index is 2.14. The van der Waals surface area contributed by atoms with Crippen LogP contribution in [0.3, 0.4) is 0 Å². The number of likely N-dealkylation sites (N-methyl/N-ethyl adjacent to an activating group) is 1. The smallest absolute Gasteiger partial charge is 0.0203 e. The molecule has 2 atom stereocenters. The lowest BCUT2D eigenvalue weighted by Crippen LogP contribution is -2.31. The van der Waals surface area contributed by atoms with Gasteiger partial charge in [0.2, 0.25) is 0 Å². The number of thiol groups is 1. The van der Waals surface area contributed by atoms with Gasteiger partial charge in [-0.1, -0.05) is 0 Å². The Kier molecular flexibility index (Phi) is 2.82. The Morgan fingerprint density at radius 1 is 1.78 bits per heavy atom. The van der Waals surface area contributed by atoms with Gasteiger partial charge in [-0.05, 0) is 13.5 Å². The third-order valence-electron chi connectivity index (χ3n) is 1.65. The molecule has 2 nitrogen and oxygen atoms in total. The first kappa shape index (κ1) is 7.38. The second-order valence-corrected chi connectivity index (χ2v) is 3.28. The first-order valence-electron chi connectivity index (χ1n) is 3.39. The number of hydrogen-bond acceptors (Lipinski definition) is 3. The van der Waals surface area contributed by atoms with E-state index in [0.717, 1.165) is 13.1 Å². The molecule has 0 aromatic rings. The van der Waals surface area contributed by atoms with E-state index in [1.54, 1.807) is 0 Å². The Morgan fingerprint density at radius 3 is 3.00 bits per heavy atom. The molecule has 1 aliphatic rings. The molecular formula is C6H14N2S. The summed E-state index contributed by atoms with van der Waals surface area (Å²) in [6, 6.07) is 0.650. The maximum atomic E-state index is 4.35. The molecule has 0 saturated carbocycles. The summed E-state index contributed by atoms with van der Waals surface area (Å²) < 4.78 is 0. The molecule has 1 rings (SSSR count). The molecule has 0 radical (unpaired) electrons. The van der Waals surface area contributed by atoms with Crippen LogP contribution in [-0.4, -0.2) is 31.4 Å². The van der Waals surface area contributed by atoms with Crippen LogP contribution < -0.4 is 10.6 Å². The fourth-order valence-corrected chi connectivity index (χ4v) is 1.56. The van der Waals surface area contributed by atoms with E-state index in [2.05, 4.69) is 23.3 Å². The second kappa shape index (κ2) is 3.44. The molecular weight excluding hydrogens is 132 g/mol. The minimum absolute atomic E-state index is 0.573. The van der Waals surface area contributed by atoms with Crippen LogP contribution in [0.5, 0.6) is 0 Å². The lowest BCUT2D eigenvalue weighted by molar-refractivity contribution is 0.568. The topological polar surface area (TPSA) is 24.1 Å². The molecule has 0 aliphatic carbocycles. The van der Waals surface area contributed by atoms with Crippen molar-refractivity contribution in [1.82, 2.24) is 10.6 Å². The Morgan fingerprint density at radius 2 is 2.56 bits per heavy atom. The van der Waals surface area contributed by atoms with Gasteiger partial charge in [-0.3, -0.25) is 0 Å². The Bertz CT molecular complexity index is 85.1. The maximum absolute atomic E-state index is 4.35. The van der Waals surface area contributed by atoms with Gasteiger partial charge in [0.15, 0.2) is 0 Å². The molecule has 2 N–H and O–H groups in total. The zero-order valence-electron chi connectivity index (χ0n) is 5.72. The van der Waals surface area contributed by atoms with E-state index in [-0.39, 0.29) is 0 Å². The quantitative estimate of drug-likeness (QED) is 0.473. The van der Waals surface area contributed by atoms with Crippen molar-refractivity contribution in [3.8, 4) is 0 Å². The normalized spacial score (nSPS) is 35.3. The van der Waals surface area contributed by atoms with E-state index in [9.17, 15) is 0 Å². The lowest BCUT2D eigenvalue weighted by Gasteiger charge is -2.06. The van der Waals surface area contributed by atoms with Gasteiger partial charge >= 0.3 is 0 Å². The fourth-order valence-electron chi connectivity index (χ4n) is 1.20. The van der Waals surface area contributed by atoms with Crippen LogP contribution in [0.15, 0.2) is 0 Å². The minimum Gasteiger partial charge on any atom is -0.318 e. The van der Waals surface area contributed by atoms with Gasteiger partial charge in [-0.2, -0.15) is 12.6 Å². The third-order valence-corrected chi connectivity index (χ3v) is 2.04. The number of rotatable bonds is 2. The predicted octanol–water partition coefficient (Wildman–Crippen LogP) is -0.134. The van der Waals surface area contributed by atoms with Crippen LogP contribution in [0.25, 0.3) is 0 Å². The molecule has 1 saturated heterocycles. The molecule has 1 fully saturated rings. The first-order valence-corrected chi connectivity index (χ1v) is 3.90. The van der Waals surface area contributed by atoms with E-state index in [4.69, 9.17) is 0 Å². The molecule has 0 bridgehead atoms. The van der Waals surface area contributed by atoms with Crippen molar-refractivity contribution in [3.63, 3.8) is 0 Å². The maximum Gasteiger partial charge on any atom is 0.0203 e. The van der Waals surface area contributed by atoms with Gasteiger partial charge in [0.25, 0.3) is 0 Å². The van der Waals surface area contributed by atoms with Gasteiger partial charge in [0, 0.05) is 24.4 Å². The molecule has 54 valence electrons. The van der Waals surface area contributed by atoms with Crippen LogP contribution >= 0.6 is 12.6 Å². The van der Waals surface area contributed by atoms with E-state index >= 15 is 0 Å². The highest BCUT2D eigenvalue weighted by Crippen LogP contribution is 2.10. The molecule has 1 heterocycles. The summed E-state index contributed by atoms with van der Waals surface area (Å²) in [7, 11) is 1.98. The highest BCUT2D eigenvalue weighted by molar-refractivity contribution is 7.81. The summed E-state index contributed by atoms with van der Waals surface area (Å²) >= 11 is 4.35. The van der Waals surface area contributed by atoms with E-state index in [1.165, 1.54) is 6.42 Å². The number of nitrogens with one attached hydrogen (secondary N) is 2. The molecule has 0 aromatic heterocycles. The van der Waals surface area contributed by atoms with Crippen LogP contribution in [0.1, 0.15) is 6.42 Å². The minimum atomic E-state index is 0.573. The Hall–Kier alpha value is 0.270. The molecule has 0 amide bonds. The highest BCUT2D eigenvalue weighted by Gasteiger charge is 2.19. The molecule has 0 spiro atoms. The Labute approximate surface area is 61.8 Å². The van der Waals surface area contributed by atoms with Crippen LogP contribution in [0, 0.1) is 0 Å². The van der Waals surface area contributed by atoms with Crippen molar-refractivity contribution in [2.75, 3.05) is 20.1 Å². The van der Waals surface area contributed by atoms with Crippen molar-refractivity contribution in [2.24, 2.45) is 0 Å². The predicted molar refractivity (Wildman–Crippen MR) is 43.1 cm³/mol. The van der Waals surface area contributed by atoms with Crippen LogP contribution in [0.2, 0.25) is 0 Å². The average Bonchev–Trinajstić information content (AvgIpc) is 2.17. The van der Waals surface area contributed by atoms with E-state index in [0.29, 0.717) is 11.3 Å². The van der Waals surface area contributed by atoms with Gasteiger partial charge in [-0.15, -0.1) is 0 Å². The summed E-state index contributed by atoms with van der Waals surface area (Å²) in [6.07, 6.45) is 1.20. The lowest BCUT2D eigenvalue weighted by atomic mass is 10.2. The molecule has 1 aliphatic heterocycles. The molecule has 9 heavy (non-hydrogen) atoms. The van der Waals surface area contributed by atoms with Crippen molar-refractivity contribution in [3.05, 3.63) is 0 Å². The highest BCUT2D eigenvalue weighted by atomic mass is 32.1. The van der Waals surface area contributed by atoms with Crippen molar-refractivity contribution in [2.45, 2.75) is 17.7 Å². The summed E-state index contributed by atoms with van der Waals surface area (Å²) in [6.45, 7) is 2.13. The van der Waals surface area contributed by atoms with Gasteiger partial charge < -0.3 is 10.6 Å². The molecule has 0 unspecified atom stereocenters. The van der Waals surface area contributed by atoms with E-state index < -0.39 is 0 Å². The molecule has 0 aromatic carbocycles. The van der Waals surface area contributed by atoms with Crippen LogP contribution in [-0.2, 0) is 0 Å². The van der Waals surface area contributed by atoms with Gasteiger partial charge in [-0.25, -0.2) is 0 Å². The summed E-state index contributed by atoms with van der Waals surface area (Å²) in [5.74, 6) is 0. The largest absolute Gasteiger partial charge is 0.318 e. The number of hydrogen-bond donors (Lipinski definition) is 3. The monoisotopic (exact) mass is 146 g/mol.